The minimum Gasteiger partial charge on any atom is -0.385 e. The first-order chi connectivity index (χ1) is 10.2. The van der Waals surface area contributed by atoms with Crippen LogP contribution >= 0.6 is 11.6 Å². The lowest BCUT2D eigenvalue weighted by molar-refractivity contribution is -0.116. The van der Waals surface area contributed by atoms with Crippen LogP contribution in [0.1, 0.15) is 37.8 Å². The van der Waals surface area contributed by atoms with E-state index < -0.39 is 0 Å². The van der Waals surface area contributed by atoms with Crippen molar-refractivity contribution >= 4 is 23.2 Å². The third-order valence-corrected chi connectivity index (χ3v) is 3.86. The quantitative estimate of drug-likeness (QED) is 0.512. The van der Waals surface area contributed by atoms with E-state index in [1.54, 1.807) is 7.11 Å². The van der Waals surface area contributed by atoms with Crippen molar-refractivity contribution in [1.29, 1.82) is 0 Å². The maximum Gasteiger partial charge on any atom is 0.241 e. The zero-order chi connectivity index (χ0) is 15.7. The van der Waals surface area contributed by atoms with Gasteiger partial charge in [-0.2, -0.15) is 0 Å². The van der Waals surface area contributed by atoms with Gasteiger partial charge in [0.15, 0.2) is 0 Å². The second-order valence-corrected chi connectivity index (χ2v) is 5.28. The van der Waals surface area contributed by atoms with E-state index in [0.29, 0.717) is 6.54 Å². The van der Waals surface area contributed by atoms with Crippen molar-refractivity contribution in [1.82, 2.24) is 0 Å². The molecule has 1 aromatic carbocycles. The number of nitrogens with zero attached hydrogens (tertiary/aromatic N) is 1. The van der Waals surface area contributed by atoms with Gasteiger partial charge in [0.2, 0.25) is 5.91 Å². The second kappa shape index (κ2) is 9.80. The number of anilines is 1. The average molecular weight is 312 g/mol. The van der Waals surface area contributed by atoms with Gasteiger partial charge in [-0.05, 0) is 36.8 Å². The molecule has 1 rings (SSSR count). The van der Waals surface area contributed by atoms with E-state index in [0.717, 1.165) is 38.0 Å². The Balaban J connectivity index is 3.04. The van der Waals surface area contributed by atoms with Gasteiger partial charge in [0.05, 0.1) is 5.69 Å². The van der Waals surface area contributed by atoms with Gasteiger partial charge in [0.1, 0.15) is 5.88 Å². The van der Waals surface area contributed by atoms with Gasteiger partial charge in [0.25, 0.3) is 0 Å². The third kappa shape index (κ3) is 5.01. The van der Waals surface area contributed by atoms with Gasteiger partial charge in [-0.25, -0.2) is 0 Å². The van der Waals surface area contributed by atoms with Crippen LogP contribution in [0.2, 0.25) is 0 Å². The average Bonchev–Trinajstić information content (AvgIpc) is 2.53. The highest BCUT2D eigenvalue weighted by molar-refractivity contribution is 6.29. The fourth-order valence-corrected chi connectivity index (χ4v) is 2.66. The number of ether oxygens (including phenoxy) is 1. The number of unbranched alkanes of at least 4 members (excludes halogenated alkanes) is 1. The molecule has 0 aliphatic carbocycles. The van der Waals surface area contributed by atoms with Crippen molar-refractivity contribution in [3.8, 4) is 0 Å². The molecule has 0 fully saturated rings. The normalized spacial score (nSPS) is 10.7. The number of methoxy groups -OCH3 is 1. The molecule has 0 saturated heterocycles. The molecule has 0 saturated carbocycles. The molecule has 3 nitrogen and oxygen atoms in total. The number of carbonyl (C=O) groups excluding carboxylic acids is 1. The summed E-state index contributed by atoms with van der Waals surface area (Å²) in [5, 5.41) is 0. The molecule has 0 atom stereocenters. The molecule has 0 aliphatic rings. The number of amides is 1. The Bertz CT molecular complexity index is 426. The van der Waals surface area contributed by atoms with E-state index in [1.165, 1.54) is 11.1 Å². The van der Waals surface area contributed by atoms with Crippen LogP contribution in [0, 0.1) is 0 Å². The van der Waals surface area contributed by atoms with Gasteiger partial charge in [-0.15, -0.1) is 11.6 Å². The highest BCUT2D eigenvalue weighted by atomic mass is 35.5. The molecule has 0 N–H and O–H groups in total. The van der Waals surface area contributed by atoms with E-state index in [2.05, 4.69) is 32.0 Å². The molecule has 0 bridgehead atoms. The summed E-state index contributed by atoms with van der Waals surface area (Å²) in [6.07, 6.45) is 3.68. The Hall–Kier alpha value is -1.06. The minimum atomic E-state index is -0.0234. The maximum absolute atomic E-state index is 12.3. The summed E-state index contributed by atoms with van der Waals surface area (Å²) in [7, 11) is 1.70. The van der Waals surface area contributed by atoms with E-state index in [-0.39, 0.29) is 11.8 Å². The first-order valence-corrected chi connectivity index (χ1v) is 8.19. The fourth-order valence-electron chi connectivity index (χ4n) is 2.51. The van der Waals surface area contributed by atoms with Crippen molar-refractivity contribution in [2.75, 3.05) is 31.0 Å². The molecule has 1 amide bonds. The number of rotatable bonds is 9. The summed E-state index contributed by atoms with van der Waals surface area (Å²) < 4.78 is 5.08. The number of para-hydroxylation sites is 1. The van der Waals surface area contributed by atoms with E-state index >= 15 is 0 Å². The monoisotopic (exact) mass is 311 g/mol. The Morgan fingerprint density at radius 3 is 2.29 bits per heavy atom. The summed E-state index contributed by atoms with van der Waals surface area (Å²) in [6, 6.07) is 6.26. The first-order valence-electron chi connectivity index (χ1n) is 7.65. The lowest BCUT2D eigenvalue weighted by Crippen LogP contribution is -2.34. The second-order valence-electron chi connectivity index (χ2n) is 5.01. The van der Waals surface area contributed by atoms with Gasteiger partial charge in [-0.3, -0.25) is 4.79 Å². The van der Waals surface area contributed by atoms with Crippen LogP contribution in [0.3, 0.4) is 0 Å². The number of hydrogen-bond donors (Lipinski definition) is 0. The largest absolute Gasteiger partial charge is 0.385 e. The highest BCUT2D eigenvalue weighted by Gasteiger charge is 2.19. The predicted octanol–water partition coefficient (Wildman–Crippen LogP) is 3.81. The molecule has 0 heterocycles. The molecular formula is C17H26ClNO2. The number of carbonyl (C=O) groups is 1. The van der Waals surface area contributed by atoms with Crippen LogP contribution < -0.4 is 4.90 Å². The number of hydrogen-bond acceptors (Lipinski definition) is 2. The van der Waals surface area contributed by atoms with E-state index in [1.807, 2.05) is 4.90 Å². The zero-order valence-corrected chi connectivity index (χ0v) is 14.1. The lowest BCUT2D eigenvalue weighted by Gasteiger charge is -2.27. The summed E-state index contributed by atoms with van der Waals surface area (Å²) in [4.78, 5) is 14.1. The van der Waals surface area contributed by atoms with Gasteiger partial charge >= 0.3 is 0 Å². The van der Waals surface area contributed by atoms with Crippen molar-refractivity contribution in [2.45, 2.75) is 39.5 Å². The fraction of sp³-hybridized carbons (Fsp3) is 0.588. The molecule has 0 radical (unpaired) electrons. The Morgan fingerprint density at radius 2 is 1.81 bits per heavy atom. The number of benzene rings is 1. The Morgan fingerprint density at radius 1 is 1.19 bits per heavy atom. The van der Waals surface area contributed by atoms with Crippen molar-refractivity contribution < 1.29 is 9.53 Å². The van der Waals surface area contributed by atoms with Crippen LogP contribution in [0.4, 0.5) is 5.69 Å². The van der Waals surface area contributed by atoms with Crippen LogP contribution in [-0.2, 0) is 22.4 Å². The van der Waals surface area contributed by atoms with Crippen LogP contribution in [-0.4, -0.2) is 32.0 Å². The standard InChI is InChI=1S/C17H26ClNO2/c1-4-14-9-8-10-15(5-2)17(14)19(16(20)13-18)11-6-7-12-21-3/h8-10H,4-7,11-13H2,1-3H3. The SMILES string of the molecule is CCc1cccc(CC)c1N(CCCCOC)C(=O)CCl. The molecule has 4 heteroatoms. The summed E-state index contributed by atoms with van der Waals surface area (Å²) in [6.45, 7) is 5.65. The molecule has 0 aliphatic heterocycles. The minimum absolute atomic E-state index is 0.0193. The van der Waals surface area contributed by atoms with Crippen LogP contribution in [0.5, 0.6) is 0 Å². The van der Waals surface area contributed by atoms with Gasteiger partial charge in [-0.1, -0.05) is 32.0 Å². The molecule has 1 aromatic rings. The van der Waals surface area contributed by atoms with Crippen LogP contribution in [0.15, 0.2) is 18.2 Å². The van der Waals surface area contributed by atoms with Crippen molar-refractivity contribution in [3.63, 3.8) is 0 Å². The lowest BCUT2D eigenvalue weighted by atomic mass is 10.0. The number of halogens is 1. The summed E-state index contributed by atoms with van der Waals surface area (Å²) in [5.74, 6) is -0.00412. The molecule has 21 heavy (non-hydrogen) atoms. The third-order valence-electron chi connectivity index (χ3n) is 3.63. The molecule has 118 valence electrons. The Labute approximate surface area is 133 Å². The van der Waals surface area contributed by atoms with E-state index in [4.69, 9.17) is 16.3 Å². The maximum atomic E-state index is 12.3. The number of alkyl halides is 1. The van der Waals surface area contributed by atoms with Crippen molar-refractivity contribution in [3.05, 3.63) is 29.3 Å². The molecular weight excluding hydrogens is 286 g/mol. The van der Waals surface area contributed by atoms with Crippen LogP contribution in [0.25, 0.3) is 0 Å². The molecule has 0 aromatic heterocycles. The smallest absolute Gasteiger partial charge is 0.241 e. The summed E-state index contributed by atoms with van der Waals surface area (Å²) in [5.41, 5.74) is 3.48. The molecule has 0 spiro atoms. The van der Waals surface area contributed by atoms with Gasteiger partial charge < -0.3 is 9.64 Å². The zero-order valence-electron chi connectivity index (χ0n) is 13.3. The van der Waals surface area contributed by atoms with Crippen molar-refractivity contribution in [2.24, 2.45) is 0 Å². The summed E-state index contributed by atoms with van der Waals surface area (Å²) >= 11 is 5.81. The topological polar surface area (TPSA) is 29.5 Å². The van der Waals surface area contributed by atoms with Gasteiger partial charge in [0, 0.05) is 20.3 Å². The Kier molecular flexibility index (Phi) is 8.40. The first kappa shape index (κ1) is 18.0. The number of aryl methyl sites for hydroxylation is 2. The highest BCUT2D eigenvalue weighted by Crippen LogP contribution is 2.27. The molecule has 0 unspecified atom stereocenters. The van der Waals surface area contributed by atoms with E-state index in [9.17, 15) is 4.79 Å². The predicted molar refractivity (Wildman–Crippen MR) is 89.4 cm³/mol.